The lowest BCUT2D eigenvalue weighted by Gasteiger charge is -2.07. The number of benzene rings is 3. The van der Waals surface area contributed by atoms with E-state index in [2.05, 4.69) is 53.3 Å². The van der Waals surface area contributed by atoms with Crippen LogP contribution in [-0.4, -0.2) is 14.5 Å². The van der Waals surface area contributed by atoms with E-state index >= 15 is 0 Å². The molecule has 0 saturated carbocycles. The van der Waals surface area contributed by atoms with Gasteiger partial charge in [0, 0.05) is 23.2 Å². The molecule has 0 aliphatic carbocycles. The Morgan fingerprint density at radius 1 is 0.903 bits per heavy atom. The summed E-state index contributed by atoms with van der Waals surface area (Å²) in [6.07, 6.45) is 3.62. The molecule has 0 spiro atoms. The second-order valence-corrected chi connectivity index (χ2v) is 8.38. The lowest BCUT2D eigenvalue weighted by atomic mass is 10.1. The molecular weight excluding hydrogens is 405 g/mol. The van der Waals surface area contributed by atoms with Crippen LogP contribution in [0.4, 0.5) is 4.39 Å². The Morgan fingerprint density at radius 3 is 2.55 bits per heavy atom. The first kappa shape index (κ1) is 19.5. The number of thioether (sulfide) groups is 1. The molecule has 5 aromatic rings. The molecule has 0 unspecified atom stereocenters. The molecular formula is C26H20FN3S. The summed E-state index contributed by atoms with van der Waals surface area (Å²) in [5.41, 5.74) is 6.12. The van der Waals surface area contributed by atoms with Crippen molar-refractivity contribution in [1.82, 2.24) is 14.5 Å². The predicted molar refractivity (Wildman–Crippen MR) is 125 cm³/mol. The van der Waals surface area contributed by atoms with Gasteiger partial charge in [-0.3, -0.25) is 0 Å². The van der Waals surface area contributed by atoms with E-state index in [4.69, 9.17) is 0 Å². The highest BCUT2D eigenvalue weighted by Gasteiger charge is 2.18. The number of hydrogen-bond acceptors (Lipinski definition) is 3. The van der Waals surface area contributed by atoms with E-state index in [0.717, 1.165) is 38.6 Å². The Balaban J connectivity index is 1.66. The summed E-state index contributed by atoms with van der Waals surface area (Å²) in [4.78, 5) is 9.20. The van der Waals surface area contributed by atoms with Crippen LogP contribution >= 0.6 is 11.8 Å². The summed E-state index contributed by atoms with van der Waals surface area (Å²) >= 11 is 1.69. The Kier molecular flexibility index (Phi) is 5.26. The van der Waals surface area contributed by atoms with Crippen LogP contribution in [0.2, 0.25) is 0 Å². The maximum absolute atomic E-state index is 14.0. The molecule has 0 fully saturated rings. The lowest BCUT2D eigenvalue weighted by Crippen LogP contribution is -1.95. The van der Waals surface area contributed by atoms with E-state index in [1.54, 1.807) is 24.2 Å². The van der Waals surface area contributed by atoms with Crippen molar-refractivity contribution in [2.24, 2.45) is 0 Å². The van der Waals surface area contributed by atoms with Crippen molar-refractivity contribution in [1.29, 1.82) is 0 Å². The highest BCUT2D eigenvalue weighted by Crippen LogP contribution is 2.37. The Bertz CT molecular complexity index is 1360. The SMILES string of the molecule is Cc1cccc(CSc2ncnc3c2c(-c2ccccc2)cn3-c2cccc(F)c2)c1. The van der Waals surface area contributed by atoms with Crippen molar-refractivity contribution in [2.45, 2.75) is 17.7 Å². The minimum atomic E-state index is -0.274. The maximum Gasteiger partial charge on any atom is 0.149 e. The molecule has 0 saturated heterocycles. The van der Waals surface area contributed by atoms with E-state index in [0.29, 0.717) is 0 Å². The number of nitrogens with zero attached hydrogens (tertiary/aromatic N) is 3. The number of rotatable bonds is 5. The van der Waals surface area contributed by atoms with Crippen molar-refractivity contribution >= 4 is 22.8 Å². The molecule has 152 valence electrons. The molecule has 0 aliphatic heterocycles. The van der Waals surface area contributed by atoms with Crippen LogP contribution in [0.25, 0.3) is 27.8 Å². The molecule has 0 amide bonds. The second kappa shape index (κ2) is 8.36. The van der Waals surface area contributed by atoms with Crippen molar-refractivity contribution < 1.29 is 4.39 Å². The van der Waals surface area contributed by atoms with Crippen molar-refractivity contribution in [3.05, 3.63) is 108 Å². The van der Waals surface area contributed by atoms with Crippen LogP contribution in [0, 0.1) is 12.7 Å². The zero-order valence-corrected chi connectivity index (χ0v) is 17.8. The fraction of sp³-hybridized carbons (Fsp3) is 0.0769. The molecule has 0 N–H and O–H groups in total. The number of aryl methyl sites for hydroxylation is 1. The molecule has 3 aromatic carbocycles. The van der Waals surface area contributed by atoms with Gasteiger partial charge in [0.25, 0.3) is 0 Å². The smallest absolute Gasteiger partial charge is 0.149 e. The fourth-order valence-electron chi connectivity index (χ4n) is 3.76. The molecule has 0 aliphatic rings. The predicted octanol–water partition coefficient (Wildman–Crippen LogP) is 6.83. The minimum absolute atomic E-state index is 0.274. The summed E-state index contributed by atoms with van der Waals surface area (Å²) in [5, 5.41) is 1.90. The van der Waals surface area contributed by atoms with Crippen molar-refractivity contribution in [2.75, 3.05) is 0 Å². The standard InChI is InChI=1S/C26H20FN3S/c1-18-7-5-8-19(13-18)16-31-26-24-23(20-9-3-2-4-10-20)15-30(25(24)28-17-29-26)22-12-6-11-21(27)14-22/h2-15,17H,16H2,1H3. The summed E-state index contributed by atoms with van der Waals surface area (Å²) in [6.45, 7) is 2.10. The molecule has 0 atom stereocenters. The molecule has 0 bridgehead atoms. The first-order valence-electron chi connectivity index (χ1n) is 10.0. The first-order valence-corrected chi connectivity index (χ1v) is 11.0. The topological polar surface area (TPSA) is 30.7 Å². The highest BCUT2D eigenvalue weighted by atomic mass is 32.2. The minimum Gasteiger partial charge on any atom is -0.300 e. The second-order valence-electron chi connectivity index (χ2n) is 7.41. The van der Waals surface area contributed by atoms with Gasteiger partial charge in [-0.2, -0.15) is 0 Å². The molecule has 5 heteroatoms. The quantitative estimate of drug-likeness (QED) is 0.228. The van der Waals surface area contributed by atoms with E-state index < -0.39 is 0 Å². The maximum atomic E-state index is 14.0. The summed E-state index contributed by atoms with van der Waals surface area (Å²) in [7, 11) is 0. The van der Waals surface area contributed by atoms with Gasteiger partial charge < -0.3 is 4.57 Å². The molecule has 31 heavy (non-hydrogen) atoms. The van der Waals surface area contributed by atoms with Crippen LogP contribution in [-0.2, 0) is 5.75 Å². The van der Waals surface area contributed by atoms with Gasteiger partial charge in [-0.15, -0.1) is 11.8 Å². The van der Waals surface area contributed by atoms with Crippen LogP contribution in [0.15, 0.2) is 96.4 Å². The average molecular weight is 426 g/mol. The highest BCUT2D eigenvalue weighted by molar-refractivity contribution is 7.98. The van der Waals surface area contributed by atoms with Gasteiger partial charge in [-0.05, 0) is 36.2 Å². The Hall–Kier alpha value is -3.44. The number of fused-ring (bicyclic) bond motifs is 1. The normalized spacial score (nSPS) is 11.2. The third kappa shape index (κ3) is 3.97. The summed E-state index contributed by atoms with van der Waals surface area (Å²) in [6, 6.07) is 25.3. The van der Waals surface area contributed by atoms with E-state index in [1.165, 1.54) is 23.3 Å². The summed E-state index contributed by atoms with van der Waals surface area (Å²) < 4.78 is 15.9. The van der Waals surface area contributed by atoms with Crippen molar-refractivity contribution in [3.8, 4) is 16.8 Å². The zero-order valence-electron chi connectivity index (χ0n) is 17.0. The molecule has 2 heterocycles. The van der Waals surface area contributed by atoms with Crippen LogP contribution < -0.4 is 0 Å². The van der Waals surface area contributed by atoms with Gasteiger partial charge in [0.05, 0.1) is 5.39 Å². The largest absolute Gasteiger partial charge is 0.300 e. The number of aromatic nitrogens is 3. The van der Waals surface area contributed by atoms with Crippen LogP contribution in [0.3, 0.4) is 0 Å². The van der Waals surface area contributed by atoms with Crippen LogP contribution in [0.1, 0.15) is 11.1 Å². The lowest BCUT2D eigenvalue weighted by molar-refractivity contribution is 0.627. The number of halogens is 1. The molecule has 2 aromatic heterocycles. The monoisotopic (exact) mass is 425 g/mol. The molecule has 3 nitrogen and oxygen atoms in total. The average Bonchev–Trinajstić information content (AvgIpc) is 3.19. The zero-order chi connectivity index (χ0) is 21.2. The van der Waals surface area contributed by atoms with Gasteiger partial charge in [0.15, 0.2) is 0 Å². The third-order valence-electron chi connectivity index (χ3n) is 5.18. The number of hydrogen-bond donors (Lipinski definition) is 0. The van der Waals surface area contributed by atoms with Gasteiger partial charge in [0.1, 0.15) is 22.8 Å². The van der Waals surface area contributed by atoms with Gasteiger partial charge >= 0.3 is 0 Å². The first-order chi connectivity index (χ1) is 15.2. The van der Waals surface area contributed by atoms with E-state index in [1.807, 2.05) is 35.0 Å². The van der Waals surface area contributed by atoms with Crippen LogP contribution in [0.5, 0.6) is 0 Å². The Morgan fingerprint density at radius 2 is 1.74 bits per heavy atom. The van der Waals surface area contributed by atoms with Crippen molar-refractivity contribution in [3.63, 3.8) is 0 Å². The molecule has 5 rings (SSSR count). The van der Waals surface area contributed by atoms with Gasteiger partial charge in [-0.1, -0.05) is 66.2 Å². The summed E-state index contributed by atoms with van der Waals surface area (Å²) in [5.74, 6) is 0.538. The van der Waals surface area contributed by atoms with Gasteiger partial charge in [-0.25, -0.2) is 14.4 Å². The Labute approximate surface area is 184 Å². The van der Waals surface area contributed by atoms with E-state index in [9.17, 15) is 4.39 Å². The van der Waals surface area contributed by atoms with Gasteiger partial charge in [0.2, 0.25) is 0 Å². The third-order valence-corrected chi connectivity index (χ3v) is 6.24. The molecule has 0 radical (unpaired) electrons. The fourth-order valence-corrected chi connectivity index (χ4v) is 4.71. The van der Waals surface area contributed by atoms with E-state index in [-0.39, 0.29) is 5.82 Å².